The Morgan fingerprint density at radius 3 is 2.79 bits per heavy atom. The van der Waals surface area contributed by atoms with Crippen molar-refractivity contribution < 1.29 is 9.59 Å². The molecule has 3 amide bonds. The Bertz CT molecular complexity index is 1270. The van der Waals surface area contributed by atoms with Crippen LogP contribution < -0.4 is 16.0 Å². The zero-order valence-corrected chi connectivity index (χ0v) is 23.5. The van der Waals surface area contributed by atoms with Gasteiger partial charge < -0.3 is 20.9 Å². The summed E-state index contributed by atoms with van der Waals surface area (Å²) in [5.74, 6) is -0.118. The predicted molar refractivity (Wildman–Crippen MR) is 157 cm³/mol. The van der Waals surface area contributed by atoms with Crippen molar-refractivity contribution in [3.8, 4) is 0 Å². The SMILES string of the molecule is CCN1CCC[C@H]1CCNC(=O)c1ccc(CNC(=O)NC2C3=C(C=CCC3)CCc3ccccc32)c(Cl)c1. The molecule has 5 rings (SSSR count). The second-order valence-electron chi connectivity index (χ2n) is 10.7. The maximum atomic E-state index is 13.1. The van der Waals surface area contributed by atoms with E-state index in [2.05, 4.69) is 58.1 Å². The Morgan fingerprint density at radius 1 is 1.08 bits per heavy atom. The fourth-order valence-electron chi connectivity index (χ4n) is 6.25. The normalized spacial score (nSPS) is 20.7. The van der Waals surface area contributed by atoms with E-state index in [1.54, 1.807) is 12.1 Å². The number of hydrogen-bond donors (Lipinski definition) is 3. The molecule has 7 heteroatoms. The van der Waals surface area contributed by atoms with Gasteiger partial charge in [0.25, 0.3) is 5.91 Å². The van der Waals surface area contributed by atoms with Crippen LogP contribution >= 0.6 is 11.6 Å². The van der Waals surface area contributed by atoms with Crippen LogP contribution in [0.2, 0.25) is 5.02 Å². The van der Waals surface area contributed by atoms with Gasteiger partial charge in [0.1, 0.15) is 0 Å². The van der Waals surface area contributed by atoms with Crippen LogP contribution in [0.1, 0.15) is 78.5 Å². The number of benzene rings is 2. The van der Waals surface area contributed by atoms with Crippen molar-refractivity contribution in [3.63, 3.8) is 0 Å². The molecule has 2 aromatic carbocycles. The number of urea groups is 1. The lowest BCUT2D eigenvalue weighted by Crippen LogP contribution is -2.38. The third kappa shape index (κ3) is 6.56. The molecule has 0 saturated carbocycles. The van der Waals surface area contributed by atoms with Gasteiger partial charge in [0, 0.05) is 29.7 Å². The van der Waals surface area contributed by atoms with Crippen LogP contribution in [-0.4, -0.2) is 42.5 Å². The number of carbonyl (C=O) groups excluding carboxylic acids is 2. The van der Waals surface area contributed by atoms with E-state index >= 15 is 0 Å². The molecule has 3 aliphatic rings. The third-order valence-corrected chi connectivity index (χ3v) is 8.74. The minimum absolute atomic E-state index is 0.118. The lowest BCUT2D eigenvalue weighted by atomic mass is 9.88. The van der Waals surface area contributed by atoms with Crippen LogP contribution in [0, 0.1) is 0 Å². The monoisotopic (exact) mass is 546 g/mol. The molecule has 3 N–H and O–H groups in total. The smallest absolute Gasteiger partial charge is 0.315 e. The maximum absolute atomic E-state index is 13.1. The number of likely N-dealkylation sites (tertiary alicyclic amines) is 1. The highest BCUT2D eigenvalue weighted by Gasteiger charge is 2.27. The van der Waals surface area contributed by atoms with Crippen LogP contribution in [-0.2, 0) is 13.0 Å². The molecular weight excluding hydrogens is 508 g/mol. The molecule has 1 fully saturated rings. The Morgan fingerprint density at radius 2 is 1.95 bits per heavy atom. The largest absolute Gasteiger partial charge is 0.352 e. The Labute approximate surface area is 236 Å². The Balaban J connectivity index is 1.17. The number of aryl methyl sites for hydroxylation is 1. The number of fused-ring (bicyclic) bond motifs is 1. The Kier molecular flexibility index (Phi) is 9.05. The van der Waals surface area contributed by atoms with Crippen molar-refractivity contribution in [1.29, 1.82) is 0 Å². The molecule has 2 aromatic rings. The Hall–Kier alpha value is -3.09. The summed E-state index contributed by atoms with van der Waals surface area (Å²) in [4.78, 5) is 28.2. The first kappa shape index (κ1) is 27.5. The number of nitrogens with zero attached hydrogens (tertiary/aromatic N) is 1. The summed E-state index contributed by atoms with van der Waals surface area (Å²) in [6.07, 6.45) is 11.8. The highest BCUT2D eigenvalue weighted by molar-refractivity contribution is 6.31. The molecule has 1 aliphatic heterocycles. The standard InChI is InChI=1S/C32H39ClN4O2/c1-2-37-19-7-10-26(37)17-18-34-31(38)24-15-16-25(29(33)20-24)21-35-32(39)36-30-27-11-5-3-8-22(27)13-14-23-9-4-6-12-28(23)30/h3-5,8-9,11,15-16,20,26,30H,2,6-7,10,12-14,17-19,21H2,1H3,(H,34,38)(H2,35,36,39)/t26-,30?/m0/s1. The van der Waals surface area contributed by atoms with E-state index in [0.29, 0.717) is 23.2 Å². The van der Waals surface area contributed by atoms with Gasteiger partial charge in [-0.05, 0) is 98.0 Å². The van der Waals surface area contributed by atoms with Crippen LogP contribution in [0.15, 0.2) is 65.8 Å². The van der Waals surface area contributed by atoms with Gasteiger partial charge in [-0.15, -0.1) is 0 Å². The summed E-state index contributed by atoms with van der Waals surface area (Å²) in [7, 11) is 0. The van der Waals surface area contributed by atoms with Crippen molar-refractivity contribution in [2.45, 2.75) is 70.5 Å². The number of nitrogens with one attached hydrogen (secondary N) is 3. The van der Waals surface area contributed by atoms with Crippen molar-refractivity contribution in [3.05, 3.63) is 93.0 Å². The fraction of sp³-hybridized carbons (Fsp3) is 0.438. The predicted octanol–water partition coefficient (Wildman–Crippen LogP) is 6.08. The van der Waals surface area contributed by atoms with Gasteiger partial charge in [-0.2, -0.15) is 0 Å². The summed E-state index contributed by atoms with van der Waals surface area (Å²) >= 11 is 6.53. The number of halogens is 1. The number of allylic oxidation sites excluding steroid dienone is 3. The molecule has 1 unspecified atom stereocenters. The summed E-state index contributed by atoms with van der Waals surface area (Å²) in [5.41, 5.74) is 6.42. The van der Waals surface area contributed by atoms with E-state index in [1.165, 1.54) is 35.1 Å². The van der Waals surface area contributed by atoms with Crippen molar-refractivity contribution in [1.82, 2.24) is 20.9 Å². The first-order valence-electron chi connectivity index (χ1n) is 14.3. The average Bonchev–Trinajstić information content (AvgIpc) is 3.35. The van der Waals surface area contributed by atoms with Crippen molar-refractivity contribution in [2.75, 3.05) is 19.6 Å². The second-order valence-corrected chi connectivity index (χ2v) is 11.1. The van der Waals surface area contributed by atoms with E-state index in [9.17, 15) is 9.59 Å². The van der Waals surface area contributed by atoms with Gasteiger partial charge in [-0.1, -0.05) is 61.0 Å². The molecule has 39 heavy (non-hydrogen) atoms. The molecular formula is C32H39ClN4O2. The minimum Gasteiger partial charge on any atom is -0.352 e. The van der Waals surface area contributed by atoms with Gasteiger partial charge in [-0.3, -0.25) is 4.79 Å². The van der Waals surface area contributed by atoms with Crippen LogP contribution in [0.3, 0.4) is 0 Å². The summed E-state index contributed by atoms with van der Waals surface area (Å²) < 4.78 is 0. The first-order chi connectivity index (χ1) is 19.0. The van der Waals surface area contributed by atoms with E-state index in [1.807, 2.05) is 12.1 Å². The molecule has 0 spiro atoms. The van der Waals surface area contributed by atoms with Gasteiger partial charge in [0.15, 0.2) is 0 Å². The van der Waals surface area contributed by atoms with Crippen LogP contribution in [0.25, 0.3) is 0 Å². The van der Waals surface area contributed by atoms with Crippen LogP contribution in [0.4, 0.5) is 4.79 Å². The lowest BCUT2D eigenvalue weighted by molar-refractivity contribution is 0.0949. The molecule has 0 aromatic heterocycles. The summed E-state index contributed by atoms with van der Waals surface area (Å²) in [5, 5.41) is 9.72. The molecule has 2 atom stereocenters. The minimum atomic E-state index is -0.232. The molecule has 1 heterocycles. The highest BCUT2D eigenvalue weighted by Crippen LogP contribution is 2.38. The highest BCUT2D eigenvalue weighted by atomic mass is 35.5. The first-order valence-corrected chi connectivity index (χ1v) is 14.7. The topological polar surface area (TPSA) is 73.5 Å². The molecule has 206 valence electrons. The number of rotatable bonds is 8. The molecule has 0 radical (unpaired) electrons. The fourth-order valence-corrected chi connectivity index (χ4v) is 6.50. The number of carbonyl (C=O) groups is 2. The molecule has 6 nitrogen and oxygen atoms in total. The molecule has 1 saturated heterocycles. The van der Waals surface area contributed by atoms with Crippen molar-refractivity contribution in [2.24, 2.45) is 0 Å². The number of amides is 3. The van der Waals surface area contributed by atoms with E-state index in [0.717, 1.165) is 50.8 Å². The quantitative estimate of drug-likeness (QED) is 0.376. The average molecular weight is 547 g/mol. The van der Waals surface area contributed by atoms with E-state index in [4.69, 9.17) is 11.6 Å². The van der Waals surface area contributed by atoms with Gasteiger partial charge in [0.05, 0.1) is 6.04 Å². The van der Waals surface area contributed by atoms with Crippen LogP contribution in [0.5, 0.6) is 0 Å². The summed E-state index contributed by atoms with van der Waals surface area (Å²) in [6, 6.07) is 13.9. The van der Waals surface area contributed by atoms with Gasteiger partial charge in [-0.25, -0.2) is 4.79 Å². The van der Waals surface area contributed by atoms with E-state index < -0.39 is 0 Å². The van der Waals surface area contributed by atoms with Gasteiger partial charge >= 0.3 is 6.03 Å². The number of hydrogen-bond acceptors (Lipinski definition) is 3. The zero-order valence-electron chi connectivity index (χ0n) is 22.8. The van der Waals surface area contributed by atoms with E-state index in [-0.39, 0.29) is 24.5 Å². The molecule has 2 aliphatic carbocycles. The summed E-state index contributed by atoms with van der Waals surface area (Å²) in [6.45, 7) is 5.34. The van der Waals surface area contributed by atoms with Crippen molar-refractivity contribution >= 4 is 23.5 Å². The molecule has 0 bridgehead atoms. The lowest BCUT2D eigenvalue weighted by Gasteiger charge is -2.26. The van der Waals surface area contributed by atoms with Gasteiger partial charge in [0.2, 0.25) is 0 Å². The zero-order chi connectivity index (χ0) is 27.2. The maximum Gasteiger partial charge on any atom is 0.315 e. The second kappa shape index (κ2) is 12.8. The third-order valence-electron chi connectivity index (χ3n) is 8.39.